The van der Waals surface area contributed by atoms with Crippen molar-refractivity contribution in [3.8, 4) is 0 Å². The molecule has 0 aromatic carbocycles. The summed E-state index contributed by atoms with van der Waals surface area (Å²) in [5.41, 5.74) is 0. The first kappa shape index (κ1) is 20.9. The van der Waals surface area contributed by atoms with Crippen LogP contribution in [0.3, 0.4) is 0 Å². The second kappa shape index (κ2) is 10.1. The fourth-order valence-electron chi connectivity index (χ4n) is 5.03. The molecule has 0 bridgehead atoms. The molecular weight excluding hydrogens is 378 g/mol. The Morgan fingerprint density at radius 2 is 1.73 bits per heavy atom. The zero-order chi connectivity index (χ0) is 20.8. The average molecular weight is 414 g/mol. The SMILES string of the molecule is CCNC(=NCCC(=O)N1CCN(c2ncccn2)CC1)N1CC2CCCCC2C1. The van der Waals surface area contributed by atoms with Gasteiger partial charge in [0.15, 0.2) is 5.96 Å². The molecule has 1 aromatic heterocycles. The number of anilines is 1. The highest BCUT2D eigenvalue weighted by molar-refractivity contribution is 5.81. The molecule has 164 valence electrons. The van der Waals surface area contributed by atoms with Crippen LogP contribution < -0.4 is 10.2 Å². The third-order valence-electron chi connectivity index (χ3n) is 6.67. The molecule has 3 fully saturated rings. The van der Waals surface area contributed by atoms with E-state index < -0.39 is 0 Å². The molecule has 2 saturated heterocycles. The molecule has 8 nitrogen and oxygen atoms in total. The Bertz CT molecular complexity index is 703. The summed E-state index contributed by atoms with van der Waals surface area (Å²) in [4.78, 5) is 32.6. The number of amides is 1. The van der Waals surface area contributed by atoms with E-state index in [4.69, 9.17) is 4.99 Å². The average Bonchev–Trinajstić information content (AvgIpc) is 3.23. The third kappa shape index (κ3) is 5.02. The van der Waals surface area contributed by atoms with E-state index in [0.717, 1.165) is 69.6 Å². The number of carbonyl (C=O) groups is 1. The molecule has 0 radical (unpaired) electrons. The van der Waals surface area contributed by atoms with Crippen LogP contribution in [0.4, 0.5) is 5.95 Å². The van der Waals surface area contributed by atoms with Crippen LogP contribution in [0.1, 0.15) is 39.0 Å². The molecule has 2 unspecified atom stereocenters. The van der Waals surface area contributed by atoms with E-state index in [-0.39, 0.29) is 5.91 Å². The molecule has 1 N–H and O–H groups in total. The molecule has 3 heterocycles. The summed E-state index contributed by atoms with van der Waals surface area (Å²) in [7, 11) is 0. The molecule has 2 atom stereocenters. The van der Waals surface area contributed by atoms with Crippen molar-refractivity contribution >= 4 is 17.8 Å². The van der Waals surface area contributed by atoms with Gasteiger partial charge in [-0.15, -0.1) is 0 Å². The van der Waals surface area contributed by atoms with E-state index in [2.05, 4.69) is 32.0 Å². The van der Waals surface area contributed by atoms with Gasteiger partial charge in [-0.05, 0) is 37.7 Å². The Balaban J connectivity index is 1.25. The van der Waals surface area contributed by atoms with Gasteiger partial charge in [-0.2, -0.15) is 0 Å². The quantitative estimate of drug-likeness (QED) is 0.584. The van der Waals surface area contributed by atoms with E-state index in [9.17, 15) is 4.79 Å². The van der Waals surface area contributed by atoms with Crippen LogP contribution in [-0.2, 0) is 4.79 Å². The highest BCUT2D eigenvalue weighted by Gasteiger charge is 2.35. The summed E-state index contributed by atoms with van der Waals surface area (Å²) in [5, 5.41) is 3.44. The number of nitrogens with one attached hydrogen (secondary N) is 1. The van der Waals surface area contributed by atoms with Gasteiger partial charge < -0.3 is 20.0 Å². The van der Waals surface area contributed by atoms with E-state index in [0.29, 0.717) is 13.0 Å². The van der Waals surface area contributed by atoms with Gasteiger partial charge in [-0.3, -0.25) is 9.79 Å². The predicted molar refractivity (Wildman–Crippen MR) is 118 cm³/mol. The van der Waals surface area contributed by atoms with Crippen molar-refractivity contribution in [2.24, 2.45) is 16.8 Å². The monoisotopic (exact) mass is 413 g/mol. The van der Waals surface area contributed by atoms with Crippen molar-refractivity contribution in [2.45, 2.75) is 39.0 Å². The molecule has 3 aliphatic rings. The highest BCUT2D eigenvalue weighted by atomic mass is 16.2. The predicted octanol–water partition coefficient (Wildman–Crippen LogP) is 1.60. The summed E-state index contributed by atoms with van der Waals surface area (Å²) in [5.74, 6) is 3.59. The van der Waals surface area contributed by atoms with Gasteiger partial charge in [-0.1, -0.05) is 12.8 Å². The largest absolute Gasteiger partial charge is 0.357 e. The molecule has 2 aliphatic heterocycles. The highest BCUT2D eigenvalue weighted by Crippen LogP contribution is 2.35. The Hall–Kier alpha value is -2.38. The second-order valence-electron chi connectivity index (χ2n) is 8.61. The Morgan fingerprint density at radius 1 is 1.07 bits per heavy atom. The zero-order valence-corrected chi connectivity index (χ0v) is 18.2. The minimum atomic E-state index is 0.193. The number of hydrogen-bond acceptors (Lipinski definition) is 5. The zero-order valence-electron chi connectivity index (χ0n) is 18.2. The van der Waals surface area contributed by atoms with Crippen LogP contribution in [0.5, 0.6) is 0 Å². The smallest absolute Gasteiger partial charge is 0.225 e. The fraction of sp³-hybridized carbons (Fsp3) is 0.727. The summed E-state index contributed by atoms with van der Waals surface area (Å²) in [6, 6.07) is 1.82. The maximum atomic E-state index is 12.7. The van der Waals surface area contributed by atoms with Crippen molar-refractivity contribution in [1.82, 2.24) is 25.1 Å². The van der Waals surface area contributed by atoms with Gasteiger partial charge >= 0.3 is 0 Å². The summed E-state index contributed by atoms with van der Waals surface area (Å²) in [6.07, 6.45) is 9.46. The topological polar surface area (TPSA) is 77.0 Å². The maximum Gasteiger partial charge on any atom is 0.225 e. The van der Waals surface area contributed by atoms with Gasteiger partial charge in [0.1, 0.15) is 0 Å². The number of likely N-dealkylation sites (tertiary alicyclic amines) is 1. The Morgan fingerprint density at radius 3 is 2.37 bits per heavy atom. The Labute approximate surface area is 179 Å². The molecular formula is C22H35N7O. The third-order valence-corrected chi connectivity index (χ3v) is 6.67. The number of hydrogen-bond donors (Lipinski definition) is 1. The standard InChI is InChI=1S/C22H35N7O/c1-2-23-21(29-16-18-6-3-4-7-19(18)17-29)26-11-8-20(30)27-12-14-28(15-13-27)22-24-9-5-10-25-22/h5,9-10,18-19H,2-4,6-8,11-17H2,1H3,(H,23,26). The maximum absolute atomic E-state index is 12.7. The number of rotatable bonds is 5. The van der Waals surface area contributed by atoms with E-state index in [1.807, 2.05) is 11.0 Å². The lowest BCUT2D eigenvalue weighted by molar-refractivity contribution is -0.131. The van der Waals surface area contributed by atoms with E-state index in [1.165, 1.54) is 25.7 Å². The number of aromatic nitrogens is 2. The lowest BCUT2D eigenvalue weighted by Crippen LogP contribution is -2.49. The first-order valence-corrected chi connectivity index (χ1v) is 11.6. The molecule has 30 heavy (non-hydrogen) atoms. The number of nitrogens with zero attached hydrogens (tertiary/aromatic N) is 6. The van der Waals surface area contributed by atoms with Gasteiger partial charge in [0, 0.05) is 64.6 Å². The van der Waals surface area contributed by atoms with Crippen molar-refractivity contribution < 1.29 is 4.79 Å². The van der Waals surface area contributed by atoms with Crippen molar-refractivity contribution in [2.75, 3.05) is 57.3 Å². The van der Waals surface area contributed by atoms with Crippen LogP contribution in [0.25, 0.3) is 0 Å². The molecule has 0 spiro atoms. The van der Waals surface area contributed by atoms with Crippen molar-refractivity contribution in [3.05, 3.63) is 18.5 Å². The summed E-state index contributed by atoms with van der Waals surface area (Å²) >= 11 is 0. The van der Waals surface area contributed by atoms with Crippen LogP contribution in [-0.4, -0.2) is 84.0 Å². The van der Waals surface area contributed by atoms with E-state index in [1.54, 1.807) is 12.4 Å². The number of fused-ring (bicyclic) bond motifs is 1. The number of piperazine rings is 1. The summed E-state index contributed by atoms with van der Waals surface area (Å²) in [6.45, 7) is 8.75. The lowest BCUT2D eigenvalue weighted by atomic mass is 9.82. The van der Waals surface area contributed by atoms with Crippen LogP contribution in [0, 0.1) is 11.8 Å². The van der Waals surface area contributed by atoms with Crippen LogP contribution >= 0.6 is 0 Å². The lowest BCUT2D eigenvalue weighted by Gasteiger charge is -2.34. The number of guanidine groups is 1. The molecule has 1 aromatic rings. The van der Waals surface area contributed by atoms with Crippen LogP contribution in [0.15, 0.2) is 23.5 Å². The van der Waals surface area contributed by atoms with Gasteiger partial charge in [0.05, 0.1) is 6.54 Å². The Kier molecular flexibility index (Phi) is 7.02. The minimum Gasteiger partial charge on any atom is -0.357 e. The van der Waals surface area contributed by atoms with Crippen molar-refractivity contribution in [3.63, 3.8) is 0 Å². The van der Waals surface area contributed by atoms with Crippen molar-refractivity contribution in [1.29, 1.82) is 0 Å². The first-order chi connectivity index (χ1) is 14.7. The van der Waals surface area contributed by atoms with E-state index >= 15 is 0 Å². The molecule has 1 aliphatic carbocycles. The molecule has 1 saturated carbocycles. The normalized spacial score (nSPS) is 24.7. The first-order valence-electron chi connectivity index (χ1n) is 11.6. The second-order valence-corrected chi connectivity index (χ2v) is 8.61. The number of aliphatic imine (C=N–C) groups is 1. The molecule has 1 amide bonds. The molecule has 4 rings (SSSR count). The van der Waals surface area contributed by atoms with Gasteiger partial charge in [0.2, 0.25) is 11.9 Å². The fourth-order valence-corrected chi connectivity index (χ4v) is 5.03. The molecule has 8 heteroatoms. The number of carbonyl (C=O) groups excluding carboxylic acids is 1. The minimum absolute atomic E-state index is 0.193. The van der Waals surface area contributed by atoms with Gasteiger partial charge in [-0.25, -0.2) is 9.97 Å². The summed E-state index contributed by atoms with van der Waals surface area (Å²) < 4.78 is 0. The van der Waals surface area contributed by atoms with Gasteiger partial charge in [0.25, 0.3) is 0 Å². The van der Waals surface area contributed by atoms with Crippen LogP contribution in [0.2, 0.25) is 0 Å².